The Morgan fingerprint density at radius 3 is 2.87 bits per heavy atom. The number of likely N-dealkylation sites (tertiary alicyclic amines) is 1. The van der Waals surface area contributed by atoms with Gasteiger partial charge in [-0.1, -0.05) is 6.07 Å². The predicted octanol–water partition coefficient (Wildman–Crippen LogP) is 2.31. The van der Waals surface area contributed by atoms with Crippen LogP contribution in [0.25, 0.3) is 0 Å². The van der Waals surface area contributed by atoms with E-state index in [1.807, 2.05) is 30.5 Å². The molecule has 2 saturated heterocycles. The van der Waals surface area contributed by atoms with Crippen molar-refractivity contribution < 1.29 is 9.21 Å². The van der Waals surface area contributed by atoms with Crippen molar-refractivity contribution in [2.45, 2.75) is 37.3 Å². The van der Waals surface area contributed by atoms with Gasteiger partial charge < -0.3 is 9.73 Å². The van der Waals surface area contributed by atoms with Crippen molar-refractivity contribution in [3.63, 3.8) is 0 Å². The zero-order valence-electron chi connectivity index (χ0n) is 13.1. The molecule has 2 aromatic heterocycles. The zero-order chi connectivity index (χ0) is 15.7. The second-order valence-electron chi connectivity index (χ2n) is 6.67. The molecule has 23 heavy (non-hydrogen) atoms. The molecular weight excluding hydrogens is 290 g/mol. The highest BCUT2D eigenvalue weighted by atomic mass is 16.3. The molecule has 2 aromatic rings. The number of hydrogen-bond acceptors (Lipinski definition) is 4. The number of piperidine rings is 1. The molecule has 2 fully saturated rings. The molecule has 4 rings (SSSR count). The molecule has 1 N–H and O–H groups in total. The third-order valence-corrected chi connectivity index (χ3v) is 5.16. The van der Waals surface area contributed by atoms with Gasteiger partial charge in [-0.3, -0.25) is 14.7 Å². The topological polar surface area (TPSA) is 58.4 Å². The van der Waals surface area contributed by atoms with Gasteiger partial charge >= 0.3 is 0 Å². The summed E-state index contributed by atoms with van der Waals surface area (Å²) in [6.45, 7) is 2.82. The number of rotatable bonds is 3. The Labute approximate surface area is 135 Å². The van der Waals surface area contributed by atoms with Gasteiger partial charge in [0.05, 0.1) is 18.7 Å². The van der Waals surface area contributed by atoms with E-state index in [9.17, 15) is 4.79 Å². The summed E-state index contributed by atoms with van der Waals surface area (Å²) in [6, 6.07) is 7.85. The van der Waals surface area contributed by atoms with Crippen molar-refractivity contribution in [2.75, 3.05) is 13.1 Å². The molecule has 4 heterocycles. The molecule has 1 spiro atoms. The number of furan rings is 1. The maximum absolute atomic E-state index is 12.4. The van der Waals surface area contributed by atoms with E-state index in [0.717, 1.165) is 50.2 Å². The highest BCUT2D eigenvalue weighted by Crippen LogP contribution is 2.39. The Bertz CT molecular complexity index is 661. The van der Waals surface area contributed by atoms with Gasteiger partial charge in [-0.2, -0.15) is 0 Å². The first-order valence-electron chi connectivity index (χ1n) is 8.21. The van der Waals surface area contributed by atoms with Gasteiger partial charge in [0.2, 0.25) is 5.91 Å². The molecule has 0 aromatic carbocycles. The molecule has 2 aliphatic heterocycles. The van der Waals surface area contributed by atoms with Crippen LogP contribution in [0.3, 0.4) is 0 Å². The van der Waals surface area contributed by atoms with Crippen molar-refractivity contribution in [3.05, 3.63) is 54.2 Å². The van der Waals surface area contributed by atoms with E-state index in [1.54, 1.807) is 12.5 Å². The van der Waals surface area contributed by atoms with Gasteiger partial charge in [0.15, 0.2) is 0 Å². The minimum absolute atomic E-state index is 0.0444. The summed E-state index contributed by atoms with van der Waals surface area (Å²) in [7, 11) is 0. The molecule has 1 amide bonds. The highest BCUT2D eigenvalue weighted by molar-refractivity contribution is 5.87. The average molecular weight is 311 g/mol. The van der Waals surface area contributed by atoms with E-state index in [-0.39, 0.29) is 17.4 Å². The summed E-state index contributed by atoms with van der Waals surface area (Å²) in [6.07, 6.45) is 8.16. The number of nitrogens with zero attached hydrogens (tertiary/aromatic N) is 2. The molecule has 5 heteroatoms. The molecule has 0 radical (unpaired) electrons. The SMILES string of the molecule is O=C1NC2(CCN(Cc3ccco3)CC2)C[C@H]1c1cccnc1. The lowest BCUT2D eigenvalue weighted by Crippen LogP contribution is -2.50. The molecule has 2 aliphatic rings. The van der Waals surface area contributed by atoms with Crippen LogP contribution in [0.15, 0.2) is 47.3 Å². The maximum atomic E-state index is 12.4. The van der Waals surface area contributed by atoms with Gasteiger partial charge in [-0.15, -0.1) is 0 Å². The standard InChI is InChI=1S/C18H21N3O2/c22-17-16(14-3-1-7-19-12-14)11-18(20-17)5-8-21(9-6-18)13-15-4-2-10-23-15/h1-4,7,10,12,16H,5-6,8-9,11,13H2,(H,20,22)/t16-/m0/s1. The minimum atomic E-state index is -0.0553. The summed E-state index contributed by atoms with van der Waals surface area (Å²) in [4.78, 5) is 19.0. The lowest BCUT2D eigenvalue weighted by Gasteiger charge is -2.39. The van der Waals surface area contributed by atoms with Crippen molar-refractivity contribution in [1.82, 2.24) is 15.2 Å². The first kappa shape index (κ1) is 14.5. The second kappa shape index (κ2) is 5.81. The van der Waals surface area contributed by atoms with Crippen molar-refractivity contribution >= 4 is 5.91 Å². The van der Waals surface area contributed by atoms with Gasteiger partial charge in [0.25, 0.3) is 0 Å². The number of amides is 1. The van der Waals surface area contributed by atoms with E-state index in [2.05, 4.69) is 15.2 Å². The number of carbonyl (C=O) groups is 1. The minimum Gasteiger partial charge on any atom is -0.468 e. The third kappa shape index (κ3) is 2.88. The summed E-state index contributed by atoms with van der Waals surface area (Å²) in [5.74, 6) is 1.10. The predicted molar refractivity (Wildman–Crippen MR) is 85.7 cm³/mol. The molecule has 120 valence electrons. The molecule has 5 nitrogen and oxygen atoms in total. The average Bonchev–Trinajstić information content (AvgIpc) is 3.19. The smallest absolute Gasteiger partial charge is 0.228 e. The van der Waals surface area contributed by atoms with E-state index < -0.39 is 0 Å². The van der Waals surface area contributed by atoms with Gasteiger partial charge in [-0.25, -0.2) is 0 Å². The van der Waals surface area contributed by atoms with Crippen LogP contribution in [-0.4, -0.2) is 34.4 Å². The first-order chi connectivity index (χ1) is 11.2. The maximum Gasteiger partial charge on any atom is 0.228 e. The van der Waals surface area contributed by atoms with Crippen LogP contribution in [0.2, 0.25) is 0 Å². The Kier molecular flexibility index (Phi) is 3.65. The van der Waals surface area contributed by atoms with Crippen LogP contribution in [0, 0.1) is 0 Å². The third-order valence-electron chi connectivity index (χ3n) is 5.16. The molecule has 0 bridgehead atoms. The van der Waals surface area contributed by atoms with Gasteiger partial charge in [0, 0.05) is 31.0 Å². The van der Waals surface area contributed by atoms with Crippen LogP contribution < -0.4 is 5.32 Å². The van der Waals surface area contributed by atoms with Crippen LogP contribution in [-0.2, 0) is 11.3 Å². The Balaban J connectivity index is 1.40. The number of nitrogens with one attached hydrogen (secondary N) is 1. The lowest BCUT2D eigenvalue weighted by molar-refractivity contribution is -0.121. The van der Waals surface area contributed by atoms with E-state index in [4.69, 9.17) is 4.42 Å². The van der Waals surface area contributed by atoms with Crippen molar-refractivity contribution in [1.29, 1.82) is 0 Å². The number of hydrogen-bond donors (Lipinski definition) is 1. The molecular formula is C18H21N3O2. The first-order valence-corrected chi connectivity index (χ1v) is 8.21. The fourth-order valence-electron chi connectivity index (χ4n) is 3.83. The van der Waals surface area contributed by atoms with Crippen LogP contribution in [0.5, 0.6) is 0 Å². The molecule has 0 unspecified atom stereocenters. The number of aromatic nitrogens is 1. The fourth-order valence-corrected chi connectivity index (χ4v) is 3.83. The Morgan fingerprint density at radius 2 is 2.17 bits per heavy atom. The largest absolute Gasteiger partial charge is 0.468 e. The van der Waals surface area contributed by atoms with Crippen molar-refractivity contribution in [3.8, 4) is 0 Å². The van der Waals surface area contributed by atoms with E-state index >= 15 is 0 Å². The van der Waals surface area contributed by atoms with Crippen LogP contribution in [0.1, 0.15) is 36.5 Å². The van der Waals surface area contributed by atoms with Gasteiger partial charge in [-0.05, 0) is 43.0 Å². The summed E-state index contributed by atoms with van der Waals surface area (Å²) in [5, 5.41) is 3.28. The van der Waals surface area contributed by atoms with E-state index in [1.165, 1.54) is 0 Å². The van der Waals surface area contributed by atoms with Crippen LogP contribution in [0.4, 0.5) is 0 Å². The normalized spacial score (nSPS) is 24.0. The molecule has 1 atom stereocenters. The van der Waals surface area contributed by atoms with E-state index in [0.29, 0.717) is 0 Å². The molecule has 0 saturated carbocycles. The molecule has 0 aliphatic carbocycles. The van der Waals surface area contributed by atoms with Crippen LogP contribution >= 0.6 is 0 Å². The summed E-state index contributed by atoms with van der Waals surface area (Å²) >= 11 is 0. The number of pyridine rings is 1. The lowest BCUT2D eigenvalue weighted by atomic mass is 9.82. The summed E-state index contributed by atoms with van der Waals surface area (Å²) in [5.41, 5.74) is 0.983. The highest BCUT2D eigenvalue weighted by Gasteiger charge is 2.46. The zero-order valence-corrected chi connectivity index (χ0v) is 13.1. The van der Waals surface area contributed by atoms with Gasteiger partial charge in [0.1, 0.15) is 5.76 Å². The fraction of sp³-hybridized carbons (Fsp3) is 0.444. The monoisotopic (exact) mass is 311 g/mol. The Hall–Kier alpha value is -2.14. The summed E-state index contributed by atoms with van der Waals surface area (Å²) < 4.78 is 5.43. The number of carbonyl (C=O) groups excluding carboxylic acids is 1. The van der Waals surface area contributed by atoms with Crippen molar-refractivity contribution in [2.24, 2.45) is 0 Å². The quantitative estimate of drug-likeness (QED) is 0.945. The Morgan fingerprint density at radius 1 is 1.30 bits per heavy atom. The second-order valence-corrected chi connectivity index (χ2v) is 6.67.